The summed E-state index contributed by atoms with van der Waals surface area (Å²) in [6.07, 6.45) is 1.70. The van der Waals surface area contributed by atoms with Crippen LogP contribution in [0.1, 0.15) is 15.9 Å². The molecule has 2 N–H and O–H groups in total. The number of anilines is 2. The molecule has 2 heterocycles. The Morgan fingerprint density at radius 2 is 2.00 bits per heavy atom. The molecule has 0 amide bonds. The van der Waals surface area contributed by atoms with Crippen LogP contribution in [0.25, 0.3) is 11.1 Å². The summed E-state index contributed by atoms with van der Waals surface area (Å²) in [5.74, 6) is -0.199. The minimum atomic E-state index is -0.964. The van der Waals surface area contributed by atoms with E-state index in [0.717, 1.165) is 35.7 Å². The Bertz CT molecular complexity index is 1060. The van der Waals surface area contributed by atoms with Crippen molar-refractivity contribution in [3.8, 4) is 11.1 Å². The fourth-order valence-electron chi connectivity index (χ4n) is 3.36. The lowest BCUT2D eigenvalue weighted by Gasteiger charge is -2.32. The van der Waals surface area contributed by atoms with Crippen LogP contribution < -0.4 is 10.2 Å². The Labute approximate surface area is 172 Å². The molecule has 7 heteroatoms. The fourth-order valence-corrected chi connectivity index (χ4v) is 3.74. The van der Waals surface area contributed by atoms with E-state index in [2.05, 4.69) is 15.2 Å². The number of rotatable bonds is 4. The van der Waals surface area contributed by atoms with E-state index < -0.39 is 5.97 Å². The zero-order chi connectivity index (χ0) is 19.7. The predicted molar refractivity (Wildman–Crippen MR) is 113 cm³/mol. The molecule has 1 aliphatic heterocycles. The third-order valence-corrected chi connectivity index (χ3v) is 5.32. The normalized spacial score (nSPS) is 13.0. The van der Waals surface area contributed by atoms with E-state index >= 15 is 0 Å². The van der Waals surface area contributed by atoms with Crippen LogP contribution in [0.5, 0.6) is 0 Å². The molecule has 0 spiro atoms. The van der Waals surface area contributed by atoms with Gasteiger partial charge in [-0.15, -0.1) is 0 Å². The molecule has 0 fully saturated rings. The average Bonchev–Trinajstić information content (AvgIpc) is 2.70. The number of fused-ring (bicyclic) bond motifs is 1. The predicted octanol–water partition coefficient (Wildman–Crippen LogP) is 5.19. The first-order valence-electron chi connectivity index (χ1n) is 8.78. The first kappa shape index (κ1) is 18.6. The number of nitrogens with zero attached hydrogens (tertiary/aromatic N) is 2. The van der Waals surface area contributed by atoms with Crippen molar-refractivity contribution in [2.24, 2.45) is 0 Å². The number of hydrogen-bond acceptors (Lipinski definition) is 4. The Morgan fingerprint density at radius 3 is 2.82 bits per heavy atom. The summed E-state index contributed by atoms with van der Waals surface area (Å²) >= 11 is 12.5. The second-order valence-corrected chi connectivity index (χ2v) is 7.37. The molecule has 2 aromatic carbocycles. The molecule has 142 valence electrons. The van der Waals surface area contributed by atoms with Gasteiger partial charge in [0.05, 0.1) is 11.3 Å². The number of aromatic nitrogens is 1. The van der Waals surface area contributed by atoms with Crippen molar-refractivity contribution in [2.45, 2.75) is 6.54 Å². The molecule has 0 bridgehead atoms. The van der Waals surface area contributed by atoms with Gasteiger partial charge in [0.2, 0.25) is 0 Å². The number of benzene rings is 2. The largest absolute Gasteiger partial charge is 0.478 e. The van der Waals surface area contributed by atoms with Crippen LogP contribution >= 0.6 is 23.2 Å². The van der Waals surface area contributed by atoms with Crippen LogP contribution in [0.15, 0.2) is 54.7 Å². The molecule has 0 saturated heterocycles. The van der Waals surface area contributed by atoms with E-state index in [0.29, 0.717) is 22.2 Å². The van der Waals surface area contributed by atoms with Gasteiger partial charge >= 0.3 is 5.97 Å². The van der Waals surface area contributed by atoms with E-state index in [4.69, 9.17) is 23.2 Å². The van der Waals surface area contributed by atoms with Gasteiger partial charge < -0.3 is 15.3 Å². The van der Waals surface area contributed by atoms with Crippen molar-refractivity contribution in [1.82, 2.24) is 4.98 Å². The zero-order valence-corrected chi connectivity index (χ0v) is 16.3. The van der Waals surface area contributed by atoms with Crippen LogP contribution in [0.4, 0.5) is 11.5 Å². The highest BCUT2D eigenvalue weighted by Gasteiger charge is 2.21. The number of aromatic carboxylic acids is 1. The third-order valence-electron chi connectivity index (χ3n) is 4.72. The topological polar surface area (TPSA) is 65.5 Å². The van der Waals surface area contributed by atoms with Crippen LogP contribution in [-0.2, 0) is 6.54 Å². The van der Waals surface area contributed by atoms with Crippen molar-refractivity contribution in [3.05, 3.63) is 75.9 Å². The smallest absolute Gasteiger partial charge is 0.336 e. The summed E-state index contributed by atoms with van der Waals surface area (Å²) in [4.78, 5) is 18.3. The molecule has 1 aromatic heterocycles. The van der Waals surface area contributed by atoms with Gasteiger partial charge in [-0.05, 0) is 41.5 Å². The summed E-state index contributed by atoms with van der Waals surface area (Å²) < 4.78 is 0. The number of nitrogens with one attached hydrogen (secondary N) is 1. The molecule has 28 heavy (non-hydrogen) atoms. The number of carbonyl (C=O) groups is 1. The molecule has 3 aromatic rings. The van der Waals surface area contributed by atoms with Gasteiger partial charge in [0, 0.05) is 41.4 Å². The molecule has 0 saturated carbocycles. The van der Waals surface area contributed by atoms with E-state index in [1.165, 1.54) is 0 Å². The minimum absolute atomic E-state index is 0.248. The first-order chi connectivity index (χ1) is 13.5. The summed E-state index contributed by atoms with van der Waals surface area (Å²) in [5.41, 5.74) is 3.47. The molecule has 0 aliphatic carbocycles. The molecular formula is C21H17Cl2N3O2. The van der Waals surface area contributed by atoms with Crippen molar-refractivity contribution in [1.29, 1.82) is 0 Å². The number of pyridine rings is 1. The minimum Gasteiger partial charge on any atom is -0.478 e. The first-order valence-corrected chi connectivity index (χ1v) is 9.54. The van der Waals surface area contributed by atoms with Gasteiger partial charge in [-0.25, -0.2) is 9.78 Å². The van der Waals surface area contributed by atoms with Crippen molar-refractivity contribution < 1.29 is 9.90 Å². The third kappa shape index (κ3) is 3.63. The quantitative estimate of drug-likeness (QED) is 0.616. The maximum Gasteiger partial charge on any atom is 0.336 e. The highest BCUT2D eigenvalue weighted by atomic mass is 35.5. The second-order valence-electron chi connectivity index (χ2n) is 6.53. The molecule has 0 atom stereocenters. The lowest BCUT2D eigenvalue weighted by atomic mass is 10.0. The number of halogens is 2. The summed E-state index contributed by atoms with van der Waals surface area (Å²) in [6.45, 7) is 2.10. The summed E-state index contributed by atoms with van der Waals surface area (Å²) in [7, 11) is 0. The molecule has 5 nitrogen and oxygen atoms in total. The highest BCUT2D eigenvalue weighted by molar-refractivity contribution is 6.33. The van der Waals surface area contributed by atoms with E-state index in [1.54, 1.807) is 36.5 Å². The molecule has 0 unspecified atom stereocenters. The zero-order valence-electron chi connectivity index (χ0n) is 14.8. The van der Waals surface area contributed by atoms with Crippen LogP contribution in [0, 0.1) is 0 Å². The fraction of sp³-hybridized carbons (Fsp3) is 0.143. The maximum absolute atomic E-state index is 11.6. The standard InChI is InChI=1S/C21H17Cl2N3O2/c22-15-5-6-18(23)14(9-15)12-26-8-7-24-20-19(26)10-13(11-25-20)16-3-1-2-4-17(16)21(27)28/h1-6,9-11H,7-8,12H2,(H,24,25)(H,27,28). The van der Waals surface area contributed by atoms with Crippen molar-refractivity contribution in [3.63, 3.8) is 0 Å². The number of carboxylic acid groups (broad SMARTS) is 1. The molecular weight excluding hydrogens is 397 g/mol. The number of hydrogen-bond donors (Lipinski definition) is 2. The van der Waals surface area contributed by atoms with Gasteiger partial charge in [-0.3, -0.25) is 0 Å². The Hall–Kier alpha value is -2.76. The van der Waals surface area contributed by atoms with Crippen LogP contribution in [0.2, 0.25) is 10.0 Å². The van der Waals surface area contributed by atoms with E-state index in [-0.39, 0.29) is 5.56 Å². The summed E-state index contributed by atoms with van der Waals surface area (Å²) in [6, 6.07) is 14.3. The summed E-state index contributed by atoms with van der Waals surface area (Å²) in [5, 5.41) is 14.1. The van der Waals surface area contributed by atoms with Crippen LogP contribution in [-0.4, -0.2) is 29.1 Å². The number of carboxylic acids is 1. The average molecular weight is 414 g/mol. The van der Waals surface area contributed by atoms with E-state index in [1.807, 2.05) is 18.2 Å². The lowest BCUT2D eigenvalue weighted by molar-refractivity contribution is 0.0697. The van der Waals surface area contributed by atoms with Gasteiger partial charge in [-0.1, -0.05) is 41.4 Å². The van der Waals surface area contributed by atoms with Gasteiger partial charge in [-0.2, -0.15) is 0 Å². The molecule has 1 aliphatic rings. The molecule has 4 rings (SSSR count). The lowest BCUT2D eigenvalue weighted by Crippen LogP contribution is -2.34. The van der Waals surface area contributed by atoms with Crippen LogP contribution in [0.3, 0.4) is 0 Å². The van der Waals surface area contributed by atoms with E-state index in [9.17, 15) is 9.90 Å². The molecule has 0 radical (unpaired) electrons. The monoisotopic (exact) mass is 413 g/mol. The Kier molecular flexibility index (Phi) is 5.11. The Morgan fingerprint density at radius 1 is 1.18 bits per heavy atom. The van der Waals surface area contributed by atoms with Crippen molar-refractivity contribution >= 4 is 40.7 Å². The maximum atomic E-state index is 11.6. The van der Waals surface area contributed by atoms with Crippen molar-refractivity contribution in [2.75, 3.05) is 23.3 Å². The highest BCUT2D eigenvalue weighted by Crippen LogP contribution is 2.34. The Balaban J connectivity index is 1.74. The SMILES string of the molecule is O=C(O)c1ccccc1-c1cnc2c(c1)N(Cc1cc(Cl)ccc1Cl)CCN2. The van der Waals surface area contributed by atoms with Gasteiger partial charge in [0.15, 0.2) is 0 Å². The van der Waals surface area contributed by atoms with Gasteiger partial charge in [0.25, 0.3) is 0 Å². The second kappa shape index (κ2) is 7.70. The van der Waals surface area contributed by atoms with Gasteiger partial charge in [0.1, 0.15) is 5.82 Å².